The molecule has 0 saturated heterocycles. The molecular weight excluding hydrogens is 108 g/mol. The lowest BCUT2D eigenvalue weighted by Gasteiger charge is -1.68. The molecule has 0 atom stereocenters. The Balaban J connectivity index is 0. The third-order valence-corrected chi connectivity index (χ3v) is 0.500. The summed E-state index contributed by atoms with van der Waals surface area (Å²) in [5.41, 5.74) is 0. The van der Waals surface area contributed by atoms with Crippen LogP contribution in [0.1, 0.15) is 33.6 Å². The predicted molar refractivity (Wildman–Crippen MR) is 37.0 cm³/mol. The van der Waals surface area contributed by atoms with Crippen molar-refractivity contribution in [3.05, 3.63) is 0 Å². The zero-order valence-electron chi connectivity index (χ0n) is 5.50. The highest BCUT2D eigenvalue weighted by Crippen LogP contribution is 1.76. The maximum atomic E-state index is 5.00. The second-order valence-corrected chi connectivity index (χ2v) is 1.80. The van der Waals surface area contributed by atoms with Gasteiger partial charge in [0.15, 0.2) is 0 Å². The van der Waals surface area contributed by atoms with Gasteiger partial charge in [0.05, 0.1) is 0 Å². The third kappa shape index (κ3) is 69.6. The first kappa shape index (κ1) is 10.3. The summed E-state index contributed by atoms with van der Waals surface area (Å²) in [4.78, 5) is 0. The van der Waals surface area contributed by atoms with Gasteiger partial charge in [0, 0.05) is 5.88 Å². The molecule has 0 rings (SSSR count). The van der Waals surface area contributed by atoms with E-state index >= 15 is 0 Å². The molecule has 0 saturated carbocycles. The van der Waals surface area contributed by atoms with Crippen LogP contribution in [0.3, 0.4) is 0 Å². The standard InChI is InChI=1S/C4H10.C2H5Cl/c1-3-4-2;1-2-3/h3-4H2,1-2H3;2H2,1H3. The van der Waals surface area contributed by atoms with Gasteiger partial charge >= 0.3 is 0 Å². The van der Waals surface area contributed by atoms with Crippen molar-refractivity contribution in [2.75, 3.05) is 5.88 Å². The van der Waals surface area contributed by atoms with Crippen molar-refractivity contribution in [3.8, 4) is 0 Å². The Kier molecular flexibility index (Phi) is 23.9. The molecule has 0 amide bonds. The molecular formula is C6H15Cl. The van der Waals surface area contributed by atoms with Crippen molar-refractivity contribution in [2.45, 2.75) is 33.6 Å². The van der Waals surface area contributed by atoms with Crippen LogP contribution < -0.4 is 0 Å². The number of unbranched alkanes of at least 4 members (excludes halogenated alkanes) is 1. The monoisotopic (exact) mass is 122 g/mol. The van der Waals surface area contributed by atoms with Crippen molar-refractivity contribution in [3.63, 3.8) is 0 Å². The smallest absolute Gasteiger partial charge is 0.0195 e. The Hall–Kier alpha value is 0.290. The van der Waals surface area contributed by atoms with E-state index in [-0.39, 0.29) is 0 Å². The Bertz CT molecular complexity index is 11.7. The van der Waals surface area contributed by atoms with E-state index in [1.807, 2.05) is 6.92 Å². The fourth-order valence-corrected chi connectivity index (χ4v) is 0. The summed E-state index contributed by atoms with van der Waals surface area (Å²) in [7, 11) is 0. The van der Waals surface area contributed by atoms with Crippen LogP contribution in [-0.2, 0) is 0 Å². The summed E-state index contributed by atoms with van der Waals surface area (Å²) in [6.45, 7) is 6.25. The molecule has 0 spiro atoms. The van der Waals surface area contributed by atoms with E-state index in [9.17, 15) is 0 Å². The molecule has 7 heavy (non-hydrogen) atoms. The number of hydrogen-bond acceptors (Lipinski definition) is 0. The van der Waals surface area contributed by atoms with E-state index < -0.39 is 0 Å². The van der Waals surface area contributed by atoms with E-state index in [1.54, 1.807) is 0 Å². The highest BCUT2D eigenvalue weighted by molar-refractivity contribution is 6.17. The summed E-state index contributed by atoms with van der Waals surface area (Å²) in [5, 5.41) is 0. The topological polar surface area (TPSA) is 0 Å². The Labute approximate surface area is 51.9 Å². The van der Waals surface area contributed by atoms with Gasteiger partial charge in [-0.15, -0.1) is 11.6 Å². The van der Waals surface area contributed by atoms with Gasteiger partial charge in [-0.25, -0.2) is 0 Å². The highest BCUT2D eigenvalue weighted by atomic mass is 35.5. The lowest BCUT2D eigenvalue weighted by atomic mass is 10.4. The minimum absolute atomic E-state index is 0.722. The number of halogens is 1. The second-order valence-electron chi connectivity index (χ2n) is 1.27. The maximum Gasteiger partial charge on any atom is 0.0195 e. The highest BCUT2D eigenvalue weighted by Gasteiger charge is 1.56. The van der Waals surface area contributed by atoms with Crippen LogP contribution in [0.25, 0.3) is 0 Å². The fraction of sp³-hybridized carbons (Fsp3) is 1.00. The van der Waals surface area contributed by atoms with Crippen molar-refractivity contribution in [2.24, 2.45) is 0 Å². The summed E-state index contributed by atoms with van der Waals surface area (Å²) in [6.07, 6.45) is 2.64. The van der Waals surface area contributed by atoms with Crippen LogP contribution in [0.4, 0.5) is 0 Å². The fourth-order valence-electron chi connectivity index (χ4n) is 0. The van der Waals surface area contributed by atoms with Gasteiger partial charge in [-0.3, -0.25) is 0 Å². The van der Waals surface area contributed by atoms with Crippen molar-refractivity contribution in [1.29, 1.82) is 0 Å². The average Bonchev–Trinajstić information content (AvgIpc) is 1.69. The molecule has 46 valence electrons. The van der Waals surface area contributed by atoms with Crippen molar-refractivity contribution in [1.82, 2.24) is 0 Å². The van der Waals surface area contributed by atoms with Gasteiger partial charge in [-0.05, 0) is 0 Å². The molecule has 0 aromatic carbocycles. The first-order valence-electron chi connectivity index (χ1n) is 2.89. The molecule has 0 aromatic heterocycles. The predicted octanol–water partition coefficient (Wildman–Crippen LogP) is 3.05. The minimum atomic E-state index is 0.722. The maximum absolute atomic E-state index is 5.00. The first-order valence-corrected chi connectivity index (χ1v) is 3.42. The van der Waals surface area contributed by atoms with Gasteiger partial charge < -0.3 is 0 Å². The lowest BCUT2D eigenvalue weighted by molar-refractivity contribution is 0.886. The van der Waals surface area contributed by atoms with Gasteiger partial charge in [0.2, 0.25) is 0 Å². The molecule has 0 heterocycles. The van der Waals surface area contributed by atoms with Gasteiger partial charge in [-0.1, -0.05) is 33.6 Å². The van der Waals surface area contributed by atoms with Gasteiger partial charge in [0.1, 0.15) is 0 Å². The quantitative estimate of drug-likeness (QED) is 0.469. The summed E-state index contributed by atoms with van der Waals surface area (Å²) < 4.78 is 0. The number of alkyl halides is 1. The Morgan fingerprint density at radius 1 is 1.00 bits per heavy atom. The Morgan fingerprint density at radius 3 is 1.14 bits per heavy atom. The summed E-state index contributed by atoms with van der Waals surface area (Å²) in [5.74, 6) is 0.722. The second kappa shape index (κ2) is 16.3. The molecule has 0 aliphatic rings. The van der Waals surface area contributed by atoms with Crippen LogP contribution in [0.2, 0.25) is 0 Å². The summed E-state index contributed by atoms with van der Waals surface area (Å²) >= 11 is 5.00. The van der Waals surface area contributed by atoms with Crippen LogP contribution in [0.15, 0.2) is 0 Å². The molecule has 0 unspecified atom stereocenters. The van der Waals surface area contributed by atoms with E-state index in [0.717, 1.165) is 5.88 Å². The number of hydrogen-bond donors (Lipinski definition) is 0. The van der Waals surface area contributed by atoms with Crippen molar-refractivity contribution < 1.29 is 0 Å². The molecule has 0 aromatic rings. The molecule has 0 N–H and O–H groups in total. The molecule has 0 radical (unpaired) electrons. The number of rotatable bonds is 1. The van der Waals surface area contributed by atoms with Crippen LogP contribution in [-0.4, -0.2) is 5.88 Å². The van der Waals surface area contributed by atoms with E-state index in [2.05, 4.69) is 13.8 Å². The van der Waals surface area contributed by atoms with E-state index in [1.165, 1.54) is 12.8 Å². The van der Waals surface area contributed by atoms with Crippen LogP contribution in [0, 0.1) is 0 Å². The van der Waals surface area contributed by atoms with E-state index in [0.29, 0.717) is 0 Å². The largest absolute Gasteiger partial charge is 0.127 e. The molecule has 0 nitrogen and oxygen atoms in total. The third-order valence-electron chi connectivity index (χ3n) is 0.500. The molecule has 0 fully saturated rings. The lowest BCUT2D eigenvalue weighted by Crippen LogP contribution is -1.47. The van der Waals surface area contributed by atoms with Gasteiger partial charge in [-0.2, -0.15) is 0 Å². The summed E-state index contributed by atoms with van der Waals surface area (Å²) in [6, 6.07) is 0. The van der Waals surface area contributed by atoms with E-state index in [4.69, 9.17) is 11.6 Å². The molecule has 0 aliphatic heterocycles. The van der Waals surface area contributed by atoms with Crippen LogP contribution in [0.5, 0.6) is 0 Å². The molecule has 0 aliphatic carbocycles. The first-order chi connectivity index (χ1) is 3.33. The minimum Gasteiger partial charge on any atom is -0.127 e. The van der Waals surface area contributed by atoms with Gasteiger partial charge in [0.25, 0.3) is 0 Å². The molecule has 1 heteroatoms. The zero-order chi connectivity index (χ0) is 6.12. The molecule has 0 bridgehead atoms. The average molecular weight is 123 g/mol. The SMILES string of the molecule is CCCC.CCCl. The normalized spacial score (nSPS) is 6.86. The van der Waals surface area contributed by atoms with Crippen molar-refractivity contribution >= 4 is 11.6 Å². The van der Waals surface area contributed by atoms with Crippen LogP contribution >= 0.6 is 11.6 Å². The Morgan fingerprint density at radius 2 is 1.14 bits per heavy atom. The zero-order valence-corrected chi connectivity index (χ0v) is 6.26.